The average Bonchev–Trinajstić information content (AvgIpc) is 3.26. The molecule has 1 aliphatic heterocycles. The number of nitrogens with one attached hydrogen (secondary N) is 3. The molecule has 154 valence electrons. The van der Waals surface area contributed by atoms with Gasteiger partial charge in [-0.05, 0) is 12.1 Å². The minimum Gasteiger partial charge on any atom is -0.496 e. The maximum atomic E-state index is 8.82. The van der Waals surface area contributed by atoms with E-state index < -0.39 is 0 Å². The van der Waals surface area contributed by atoms with E-state index in [1.54, 1.807) is 7.11 Å². The minimum absolute atomic E-state index is 0.00764. The second-order valence-corrected chi connectivity index (χ2v) is 6.53. The van der Waals surface area contributed by atoms with Crippen LogP contribution in [0.1, 0.15) is 5.69 Å². The van der Waals surface area contributed by atoms with Crippen molar-refractivity contribution in [3.8, 4) is 28.8 Å². The van der Waals surface area contributed by atoms with Gasteiger partial charge in [0.15, 0.2) is 11.5 Å². The third-order valence-electron chi connectivity index (χ3n) is 4.51. The van der Waals surface area contributed by atoms with E-state index in [1.165, 1.54) is 12.4 Å². The molecule has 30 heavy (non-hydrogen) atoms. The lowest BCUT2D eigenvalue weighted by Gasteiger charge is -2.24. The van der Waals surface area contributed by atoms with Crippen molar-refractivity contribution in [1.82, 2.24) is 25.5 Å². The molecule has 3 heterocycles. The quantitative estimate of drug-likeness (QED) is 0.537. The molecule has 0 aliphatic carbocycles. The van der Waals surface area contributed by atoms with Crippen molar-refractivity contribution in [3.63, 3.8) is 0 Å². The second-order valence-electron chi connectivity index (χ2n) is 6.53. The van der Waals surface area contributed by atoms with E-state index in [1.807, 2.05) is 30.3 Å². The molecule has 1 aromatic carbocycles. The summed E-state index contributed by atoms with van der Waals surface area (Å²) < 4.78 is 17.3. The fraction of sp³-hybridized carbons (Fsp3) is 0.300. The number of hydrogen-bond acceptors (Lipinski definition) is 9. The number of ether oxygens (including phenoxy) is 3. The van der Waals surface area contributed by atoms with Gasteiger partial charge in [0.05, 0.1) is 37.4 Å². The number of rotatable bonds is 7. The molecule has 0 bridgehead atoms. The van der Waals surface area contributed by atoms with Gasteiger partial charge in [0.25, 0.3) is 0 Å². The Morgan fingerprint density at radius 2 is 2.17 bits per heavy atom. The van der Waals surface area contributed by atoms with Crippen molar-refractivity contribution >= 4 is 11.6 Å². The molecule has 3 aromatic rings. The van der Waals surface area contributed by atoms with Crippen LogP contribution in [-0.4, -0.2) is 59.7 Å². The van der Waals surface area contributed by atoms with Crippen LogP contribution in [0.2, 0.25) is 0 Å². The van der Waals surface area contributed by atoms with Crippen LogP contribution in [0.4, 0.5) is 11.6 Å². The molecule has 10 nitrogen and oxygen atoms in total. The highest BCUT2D eigenvalue weighted by Crippen LogP contribution is 2.38. The van der Waals surface area contributed by atoms with Crippen LogP contribution in [0.3, 0.4) is 0 Å². The van der Waals surface area contributed by atoms with Crippen molar-refractivity contribution in [1.29, 1.82) is 5.26 Å². The SMILES string of the molecule is COc1cccc(OC[C@@H]2CNCCO2)c1-c1cc(Nc2cnc(C#N)cn2)n[nH]1. The van der Waals surface area contributed by atoms with E-state index in [4.69, 9.17) is 19.5 Å². The van der Waals surface area contributed by atoms with Gasteiger partial charge in [-0.15, -0.1) is 0 Å². The molecular formula is C20H21N7O3. The van der Waals surface area contributed by atoms with Crippen molar-refractivity contribution in [2.24, 2.45) is 0 Å². The number of nitriles is 1. The standard InChI is InChI=1S/C20H21N7O3/c1-28-16-3-2-4-17(30-12-14-10-22-5-6-29-14)20(16)15-7-18(27-26-15)25-19-11-23-13(8-21)9-24-19/h2-4,7,9,11,14,22H,5-6,10,12H2,1H3,(H2,24,25,26,27)/t14-/m0/s1. The summed E-state index contributed by atoms with van der Waals surface area (Å²) in [6, 6.07) is 9.38. The van der Waals surface area contributed by atoms with Crippen molar-refractivity contribution in [2.75, 3.05) is 38.7 Å². The maximum Gasteiger partial charge on any atom is 0.158 e. The van der Waals surface area contributed by atoms with E-state index in [2.05, 4.69) is 30.8 Å². The number of anilines is 2. The summed E-state index contributed by atoms with van der Waals surface area (Å²) in [5.41, 5.74) is 1.72. The smallest absolute Gasteiger partial charge is 0.158 e. The summed E-state index contributed by atoms with van der Waals surface area (Å²) in [6.07, 6.45) is 2.86. The third-order valence-corrected chi connectivity index (χ3v) is 4.51. The molecule has 10 heteroatoms. The summed E-state index contributed by atoms with van der Waals surface area (Å²) in [5.74, 6) is 2.34. The van der Waals surface area contributed by atoms with Crippen LogP contribution < -0.4 is 20.1 Å². The predicted molar refractivity (Wildman–Crippen MR) is 109 cm³/mol. The highest BCUT2D eigenvalue weighted by atomic mass is 16.5. The summed E-state index contributed by atoms with van der Waals surface area (Å²) in [5, 5.41) is 22.4. The Balaban J connectivity index is 1.54. The first-order valence-corrected chi connectivity index (χ1v) is 9.44. The zero-order valence-corrected chi connectivity index (χ0v) is 16.4. The number of methoxy groups -OCH3 is 1. The Hall–Kier alpha value is -3.68. The van der Waals surface area contributed by atoms with Crippen LogP contribution in [0.5, 0.6) is 11.5 Å². The number of aromatic nitrogens is 4. The lowest BCUT2D eigenvalue weighted by molar-refractivity contribution is 0.000280. The van der Waals surface area contributed by atoms with E-state index in [9.17, 15) is 0 Å². The molecular weight excluding hydrogens is 386 g/mol. The van der Waals surface area contributed by atoms with Gasteiger partial charge in [0.2, 0.25) is 0 Å². The Morgan fingerprint density at radius 3 is 2.90 bits per heavy atom. The molecule has 1 fully saturated rings. The number of nitrogens with zero attached hydrogens (tertiary/aromatic N) is 4. The van der Waals surface area contributed by atoms with E-state index in [0.717, 1.165) is 18.7 Å². The zero-order chi connectivity index (χ0) is 20.8. The van der Waals surface area contributed by atoms with Gasteiger partial charge in [0.1, 0.15) is 36.1 Å². The van der Waals surface area contributed by atoms with Crippen LogP contribution in [0.15, 0.2) is 36.7 Å². The van der Waals surface area contributed by atoms with Gasteiger partial charge in [-0.3, -0.25) is 5.10 Å². The Kier molecular flexibility index (Phi) is 6.03. The largest absolute Gasteiger partial charge is 0.496 e. The van der Waals surface area contributed by atoms with Gasteiger partial charge >= 0.3 is 0 Å². The van der Waals surface area contributed by atoms with Gasteiger partial charge in [-0.2, -0.15) is 10.4 Å². The highest BCUT2D eigenvalue weighted by molar-refractivity contribution is 5.76. The molecule has 0 unspecified atom stereocenters. The summed E-state index contributed by atoms with van der Waals surface area (Å²) in [6.45, 7) is 2.71. The molecule has 4 rings (SSSR count). The minimum atomic E-state index is -0.00764. The predicted octanol–water partition coefficient (Wildman–Crippen LogP) is 1.86. The molecule has 0 saturated carbocycles. The summed E-state index contributed by atoms with van der Waals surface area (Å²) in [7, 11) is 1.61. The molecule has 3 N–H and O–H groups in total. The van der Waals surface area contributed by atoms with Crippen molar-refractivity contribution in [2.45, 2.75) is 6.10 Å². The monoisotopic (exact) mass is 407 g/mol. The van der Waals surface area contributed by atoms with E-state index in [0.29, 0.717) is 42.0 Å². The second kappa shape index (κ2) is 9.21. The molecule has 0 amide bonds. The highest BCUT2D eigenvalue weighted by Gasteiger charge is 2.19. The van der Waals surface area contributed by atoms with Crippen LogP contribution in [0, 0.1) is 11.3 Å². The Morgan fingerprint density at radius 1 is 1.27 bits per heavy atom. The third kappa shape index (κ3) is 4.48. The molecule has 2 aromatic heterocycles. The van der Waals surface area contributed by atoms with Gasteiger partial charge < -0.3 is 24.8 Å². The van der Waals surface area contributed by atoms with Gasteiger partial charge in [0, 0.05) is 19.2 Å². The lowest BCUT2D eigenvalue weighted by Crippen LogP contribution is -2.41. The zero-order valence-electron chi connectivity index (χ0n) is 16.4. The van der Waals surface area contributed by atoms with E-state index >= 15 is 0 Å². The van der Waals surface area contributed by atoms with Crippen LogP contribution in [0.25, 0.3) is 11.3 Å². The maximum absolute atomic E-state index is 8.82. The number of morpholine rings is 1. The Bertz CT molecular complexity index is 1020. The average molecular weight is 407 g/mol. The Labute approximate surface area is 173 Å². The lowest BCUT2D eigenvalue weighted by atomic mass is 10.1. The molecule has 0 spiro atoms. The van der Waals surface area contributed by atoms with Crippen LogP contribution >= 0.6 is 0 Å². The summed E-state index contributed by atoms with van der Waals surface area (Å²) >= 11 is 0. The van der Waals surface area contributed by atoms with Crippen molar-refractivity contribution < 1.29 is 14.2 Å². The molecule has 0 radical (unpaired) electrons. The first-order chi connectivity index (χ1) is 14.8. The number of benzene rings is 1. The topological polar surface area (TPSA) is 130 Å². The van der Waals surface area contributed by atoms with Gasteiger partial charge in [-0.1, -0.05) is 6.07 Å². The fourth-order valence-electron chi connectivity index (χ4n) is 3.07. The fourth-order valence-corrected chi connectivity index (χ4v) is 3.07. The normalized spacial score (nSPS) is 15.9. The van der Waals surface area contributed by atoms with Crippen LogP contribution in [-0.2, 0) is 4.74 Å². The van der Waals surface area contributed by atoms with Crippen molar-refractivity contribution in [3.05, 3.63) is 42.4 Å². The first kappa shape index (κ1) is 19.6. The molecule has 1 aliphatic rings. The number of aromatic amines is 1. The molecule has 1 saturated heterocycles. The number of H-pyrrole nitrogens is 1. The molecule has 1 atom stereocenters. The first-order valence-electron chi connectivity index (χ1n) is 9.44. The van der Waals surface area contributed by atoms with Gasteiger partial charge in [-0.25, -0.2) is 9.97 Å². The van der Waals surface area contributed by atoms with E-state index in [-0.39, 0.29) is 11.8 Å². The number of hydrogen-bond donors (Lipinski definition) is 3. The summed E-state index contributed by atoms with van der Waals surface area (Å²) in [4.78, 5) is 8.13.